The van der Waals surface area contributed by atoms with Crippen molar-refractivity contribution >= 4 is 11.8 Å². The lowest BCUT2D eigenvalue weighted by Gasteiger charge is -2.17. The molecule has 102 valence electrons. The van der Waals surface area contributed by atoms with Gasteiger partial charge in [-0.15, -0.1) is 0 Å². The summed E-state index contributed by atoms with van der Waals surface area (Å²) >= 11 is 1.30. The number of aromatic nitrogens is 3. The van der Waals surface area contributed by atoms with Crippen LogP contribution in [0.25, 0.3) is 0 Å². The number of hydrogen-bond donors (Lipinski definition) is 1. The second-order valence-electron chi connectivity index (χ2n) is 4.21. The zero-order chi connectivity index (χ0) is 13.8. The highest BCUT2D eigenvalue weighted by molar-refractivity contribution is 7.99. The Morgan fingerprint density at radius 2 is 2.26 bits per heavy atom. The Bertz CT molecular complexity index is 555. The monoisotopic (exact) mass is 280 g/mol. The highest BCUT2D eigenvalue weighted by Gasteiger charge is 2.16. The fourth-order valence-corrected chi connectivity index (χ4v) is 2.85. The molecule has 1 heterocycles. The van der Waals surface area contributed by atoms with Crippen LogP contribution in [0.4, 0.5) is 4.39 Å². The van der Waals surface area contributed by atoms with Crippen molar-refractivity contribution in [1.82, 2.24) is 20.1 Å². The lowest BCUT2D eigenvalue weighted by atomic mass is 10.1. The second kappa shape index (κ2) is 6.16. The summed E-state index contributed by atoms with van der Waals surface area (Å²) in [4.78, 5) is 4.73. The summed E-state index contributed by atoms with van der Waals surface area (Å²) < 4.78 is 15.7. The van der Waals surface area contributed by atoms with Gasteiger partial charge < -0.3 is 5.32 Å². The van der Waals surface area contributed by atoms with Crippen molar-refractivity contribution in [3.05, 3.63) is 35.9 Å². The van der Waals surface area contributed by atoms with Crippen LogP contribution < -0.4 is 5.32 Å². The van der Waals surface area contributed by atoms with Crippen molar-refractivity contribution in [2.24, 2.45) is 7.05 Å². The SMILES string of the molecule is CCNC(C)c1cccc(F)c1Sc1ncnn1C. The Morgan fingerprint density at radius 3 is 2.89 bits per heavy atom. The first-order valence-corrected chi connectivity index (χ1v) is 6.98. The van der Waals surface area contributed by atoms with Crippen LogP contribution in [0.3, 0.4) is 0 Å². The van der Waals surface area contributed by atoms with Crippen LogP contribution in [0.1, 0.15) is 25.5 Å². The Kier molecular flexibility index (Phi) is 4.55. The van der Waals surface area contributed by atoms with Crippen LogP contribution >= 0.6 is 11.8 Å². The van der Waals surface area contributed by atoms with Gasteiger partial charge in [0.05, 0.1) is 4.90 Å². The summed E-state index contributed by atoms with van der Waals surface area (Å²) in [5, 5.41) is 7.98. The number of hydrogen-bond acceptors (Lipinski definition) is 4. The molecule has 0 bridgehead atoms. The van der Waals surface area contributed by atoms with Crippen molar-refractivity contribution in [1.29, 1.82) is 0 Å². The topological polar surface area (TPSA) is 42.7 Å². The Morgan fingerprint density at radius 1 is 1.47 bits per heavy atom. The number of benzene rings is 1. The third-order valence-corrected chi connectivity index (χ3v) is 4.02. The molecule has 0 aliphatic carbocycles. The molecule has 1 unspecified atom stereocenters. The van der Waals surface area contributed by atoms with Gasteiger partial charge in [0.2, 0.25) is 0 Å². The quantitative estimate of drug-likeness (QED) is 0.914. The third kappa shape index (κ3) is 3.13. The molecule has 2 rings (SSSR count). The molecule has 0 saturated heterocycles. The van der Waals surface area contributed by atoms with Gasteiger partial charge in [0, 0.05) is 13.1 Å². The van der Waals surface area contributed by atoms with E-state index in [-0.39, 0.29) is 11.9 Å². The number of rotatable bonds is 5. The first-order valence-electron chi connectivity index (χ1n) is 6.17. The molecule has 0 aliphatic heterocycles. The standard InChI is InChI=1S/C13H17FN4S/c1-4-15-9(2)10-6-5-7-11(14)12(10)19-13-16-8-17-18(13)3/h5-9,15H,4H2,1-3H3. The molecule has 4 nitrogen and oxygen atoms in total. The Labute approximate surface area is 116 Å². The molecule has 0 fully saturated rings. The minimum atomic E-state index is -0.227. The lowest BCUT2D eigenvalue weighted by molar-refractivity contribution is 0.557. The van der Waals surface area contributed by atoms with E-state index in [0.29, 0.717) is 10.1 Å². The van der Waals surface area contributed by atoms with Crippen molar-refractivity contribution in [2.45, 2.75) is 29.9 Å². The second-order valence-corrected chi connectivity index (χ2v) is 5.18. The fraction of sp³-hybridized carbons (Fsp3) is 0.385. The molecule has 1 atom stereocenters. The summed E-state index contributed by atoms with van der Waals surface area (Å²) in [7, 11) is 1.80. The maximum Gasteiger partial charge on any atom is 0.190 e. The molecular weight excluding hydrogens is 263 g/mol. The van der Waals surface area contributed by atoms with Gasteiger partial charge >= 0.3 is 0 Å². The summed E-state index contributed by atoms with van der Waals surface area (Å²) in [6, 6.07) is 5.24. The molecule has 0 amide bonds. The van der Waals surface area contributed by atoms with Crippen molar-refractivity contribution < 1.29 is 4.39 Å². The van der Waals surface area contributed by atoms with Crippen molar-refractivity contribution in [3.8, 4) is 0 Å². The minimum absolute atomic E-state index is 0.0939. The highest BCUT2D eigenvalue weighted by atomic mass is 32.2. The van der Waals surface area contributed by atoms with E-state index < -0.39 is 0 Å². The van der Waals surface area contributed by atoms with Crippen LogP contribution in [-0.2, 0) is 7.05 Å². The van der Waals surface area contributed by atoms with Gasteiger partial charge in [-0.05, 0) is 36.9 Å². The molecule has 6 heteroatoms. The van der Waals surface area contributed by atoms with E-state index in [9.17, 15) is 4.39 Å². The lowest BCUT2D eigenvalue weighted by Crippen LogP contribution is -2.18. The van der Waals surface area contributed by atoms with E-state index in [4.69, 9.17) is 0 Å². The van der Waals surface area contributed by atoms with Crippen LogP contribution in [-0.4, -0.2) is 21.3 Å². The molecule has 19 heavy (non-hydrogen) atoms. The average molecular weight is 280 g/mol. The van der Waals surface area contributed by atoms with Gasteiger partial charge in [0.25, 0.3) is 0 Å². The third-order valence-electron chi connectivity index (χ3n) is 2.84. The van der Waals surface area contributed by atoms with E-state index in [1.807, 2.05) is 19.9 Å². The van der Waals surface area contributed by atoms with Gasteiger partial charge in [-0.2, -0.15) is 5.10 Å². The summed E-state index contributed by atoms with van der Waals surface area (Å²) in [6.07, 6.45) is 1.47. The first kappa shape index (κ1) is 14.0. The molecule has 1 N–H and O–H groups in total. The molecule has 0 saturated carbocycles. The summed E-state index contributed by atoms with van der Waals surface area (Å²) in [5.74, 6) is -0.227. The van der Waals surface area contributed by atoms with Crippen LogP contribution in [0.15, 0.2) is 34.6 Å². The summed E-state index contributed by atoms with van der Waals surface area (Å²) in [6.45, 7) is 4.90. The van der Waals surface area contributed by atoms with Gasteiger partial charge in [-0.1, -0.05) is 19.1 Å². The van der Waals surface area contributed by atoms with Gasteiger partial charge in [-0.25, -0.2) is 14.1 Å². The zero-order valence-electron chi connectivity index (χ0n) is 11.2. The average Bonchev–Trinajstić information content (AvgIpc) is 2.78. The maximum absolute atomic E-state index is 14.1. The van der Waals surface area contributed by atoms with Crippen LogP contribution in [0.2, 0.25) is 0 Å². The molecule has 2 aromatic rings. The van der Waals surface area contributed by atoms with E-state index >= 15 is 0 Å². The van der Waals surface area contributed by atoms with E-state index in [1.54, 1.807) is 17.8 Å². The molecule has 1 aromatic carbocycles. The largest absolute Gasteiger partial charge is 0.310 e. The predicted molar refractivity (Wildman–Crippen MR) is 73.6 cm³/mol. The molecule has 0 radical (unpaired) electrons. The van der Waals surface area contributed by atoms with Crippen LogP contribution in [0, 0.1) is 5.82 Å². The Balaban J connectivity index is 2.35. The molecule has 1 aromatic heterocycles. The highest BCUT2D eigenvalue weighted by Crippen LogP contribution is 2.34. The van der Waals surface area contributed by atoms with Crippen molar-refractivity contribution in [3.63, 3.8) is 0 Å². The molecular formula is C13H17FN4S. The fourth-order valence-electron chi connectivity index (χ4n) is 1.86. The molecule has 0 aliphatic rings. The van der Waals surface area contributed by atoms with Gasteiger partial charge in [0.15, 0.2) is 5.16 Å². The molecule has 0 spiro atoms. The van der Waals surface area contributed by atoms with Gasteiger partial charge in [0.1, 0.15) is 12.1 Å². The maximum atomic E-state index is 14.1. The summed E-state index contributed by atoms with van der Waals surface area (Å²) in [5.41, 5.74) is 0.940. The minimum Gasteiger partial charge on any atom is -0.310 e. The number of nitrogens with zero attached hydrogens (tertiary/aromatic N) is 3. The number of aryl methyl sites for hydroxylation is 1. The van der Waals surface area contributed by atoms with Crippen molar-refractivity contribution in [2.75, 3.05) is 6.54 Å². The number of halogens is 1. The predicted octanol–water partition coefficient (Wildman–Crippen LogP) is 2.78. The smallest absolute Gasteiger partial charge is 0.190 e. The zero-order valence-corrected chi connectivity index (χ0v) is 12.0. The normalized spacial score (nSPS) is 12.6. The van der Waals surface area contributed by atoms with Crippen LogP contribution in [0.5, 0.6) is 0 Å². The Hall–Kier alpha value is -1.40. The van der Waals surface area contributed by atoms with Gasteiger partial charge in [-0.3, -0.25) is 0 Å². The van der Waals surface area contributed by atoms with E-state index in [2.05, 4.69) is 15.4 Å². The van der Waals surface area contributed by atoms with E-state index in [1.165, 1.54) is 24.2 Å². The first-order chi connectivity index (χ1) is 9.13. The van der Waals surface area contributed by atoms with E-state index in [0.717, 1.165) is 12.1 Å². The number of nitrogens with one attached hydrogen (secondary N) is 1.